The van der Waals surface area contributed by atoms with Gasteiger partial charge in [-0.1, -0.05) is 60.1 Å². The Morgan fingerprint density at radius 3 is 2.06 bits per heavy atom. The lowest BCUT2D eigenvalue weighted by atomic mass is 9.76. The zero-order valence-electron chi connectivity index (χ0n) is 17.9. The van der Waals surface area contributed by atoms with Gasteiger partial charge in [0.05, 0.1) is 22.2 Å². The molecule has 0 unspecified atom stereocenters. The largest absolute Gasteiger partial charge is 0.547 e. The highest BCUT2D eigenvalue weighted by Gasteiger charge is 2.49. The number of nitrogens with one attached hydrogen (secondary N) is 1. The van der Waals surface area contributed by atoms with Gasteiger partial charge < -0.3 is 20.0 Å². The molecule has 4 nitrogen and oxygen atoms in total. The minimum Gasteiger partial charge on any atom is -0.547 e. The number of rotatable bonds is 8. The molecule has 1 N–H and O–H groups in total. The molecule has 174 valence electrons. The molecule has 0 bridgehead atoms. The summed E-state index contributed by atoms with van der Waals surface area (Å²) in [6, 6.07) is 20.1. The fourth-order valence-corrected chi connectivity index (χ4v) is 3.80. The highest BCUT2D eigenvalue weighted by Crippen LogP contribution is 2.39. The Kier molecular flexibility index (Phi) is 6.93. The minimum atomic E-state index is -4.59. The van der Waals surface area contributed by atoms with E-state index < -0.39 is 28.8 Å². The molecule has 3 aromatic carbocycles. The Bertz CT molecular complexity index is 1100. The first-order valence-electron chi connectivity index (χ1n) is 10.1. The van der Waals surface area contributed by atoms with Gasteiger partial charge in [-0.2, -0.15) is 13.2 Å². The van der Waals surface area contributed by atoms with E-state index in [0.717, 1.165) is 18.2 Å². The highest BCUT2D eigenvalue weighted by molar-refractivity contribution is 6.33. The van der Waals surface area contributed by atoms with Crippen LogP contribution in [-0.4, -0.2) is 17.1 Å². The summed E-state index contributed by atoms with van der Waals surface area (Å²) in [5, 5.41) is 15.3. The summed E-state index contributed by atoms with van der Waals surface area (Å²) in [5.74, 6) is -1.08. The first-order chi connectivity index (χ1) is 15.4. The van der Waals surface area contributed by atoms with E-state index in [4.69, 9.17) is 16.3 Å². The van der Waals surface area contributed by atoms with Crippen LogP contribution in [0.4, 0.5) is 18.9 Å². The van der Waals surface area contributed by atoms with Gasteiger partial charge in [0.1, 0.15) is 16.9 Å². The number of carbonyl (C=O) groups is 1. The van der Waals surface area contributed by atoms with Gasteiger partial charge in [-0.05, 0) is 49.7 Å². The highest BCUT2D eigenvalue weighted by atomic mass is 35.5. The van der Waals surface area contributed by atoms with E-state index in [1.54, 1.807) is 74.5 Å². The lowest BCUT2D eigenvalue weighted by molar-refractivity contribution is -0.316. The second-order valence-corrected chi connectivity index (χ2v) is 8.51. The second kappa shape index (κ2) is 9.35. The van der Waals surface area contributed by atoms with Gasteiger partial charge in [0.2, 0.25) is 0 Å². The van der Waals surface area contributed by atoms with Crippen molar-refractivity contribution in [2.24, 2.45) is 0 Å². The molecule has 3 aromatic rings. The first-order valence-corrected chi connectivity index (χ1v) is 10.5. The molecule has 0 amide bonds. The summed E-state index contributed by atoms with van der Waals surface area (Å²) in [4.78, 5) is 12.7. The summed E-state index contributed by atoms with van der Waals surface area (Å²) in [5.41, 5.74) is -3.63. The number of carboxylic acids is 1. The molecular formula is C25H22ClF3NO3-. The quantitative estimate of drug-likeness (QED) is 0.475. The molecule has 0 radical (unpaired) electrons. The molecule has 0 aliphatic carbocycles. The van der Waals surface area contributed by atoms with Crippen molar-refractivity contribution in [2.75, 3.05) is 5.32 Å². The van der Waals surface area contributed by atoms with Crippen molar-refractivity contribution >= 4 is 23.3 Å². The summed E-state index contributed by atoms with van der Waals surface area (Å²) in [6.45, 7) is 3.15. The van der Waals surface area contributed by atoms with Crippen LogP contribution in [0.1, 0.15) is 25.0 Å². The van der Waals surface area contributed by atoms with E-state index in [1.165, 1.54) is 0 Å². The Hall–Kier alpha value is -3.19. The number of benzene rings is 3. The number of para-hydroxylation sites is 1. The van der Waals surface area contributed by atoms with Crippen molar-refractivity contribution in [3.8, 4) is 5.75 Å². The van der Waals surface area contributed by atoms with Crippen LogP contribution in [0.25, 0.3) is 0 Å². The smallest absolute Gasteiger partial charge is 0.416 e. The molecule has 0 saturated heterocycles. The van der Waals surface area contributed by atoms with Gasteiger partial charge in [0.25, 0.3) is 0 Å². The number of halogens is 4. The minimum absolute atomic E-state index is 0.00883. The first kappa shape index (κ1) is 24.5. The maximum absolute atomic E-state index is 13.1. The number of hydrogen-bond acceptors (Lipinski definition) is 4. The lowest BCUT2D eigenvalue weighted by Crippen LogP contribution is -2.69. The molecule has 8 heteroatoms. The van der Waals surface area contributed by atoms with Crippen molar-refractivity contribution < 1.29 is 27.8 Å². The Morgan fingerprint density at radius 1 is 0.970 bits per heavy atom. The molecule has 0 spiro atoms. The SMILES string of the molecule is CC(C)(Oc1ccccc1)[C@@](Cc1ccccc1)(Nc1ccc(C(F)(F)F)cc1Cl)C(=O)[O-]. The average molecular weight is 477 g/mol. The van der Waals surface area contributed by atoms with Crippen molar-refractivity contribution in [3.63, 3.8) is 0 Å². The molecule has 1 atom stereocenters. The van der Waals surface area contributed by atoms with E-state index in [9.17, 15) is 23.1 Å². The van der Waals surface area contributed by atoms with Crippen LogP contribution in [0.2, 0.25) is 5.02 Å². The summed E-state index contributed by atoms with van der Waals surface area (Å²) >= 11 is 6.14. The zero-order chi connectivity index (χ0) is 24.3. The van der Waals surface area contributed by atoms with Crippen LogP contribution in [-0.2, 0) is 17.4 Å². The van der Waals surface area contributed by atoms with Gasteiger partial charge in [0.15, 0.2) is 0 Å². The van der Waals surface area contributed by atoms with Crippen molar-refractivity contribution in [1.29, 1.82) is 0 Å². The third kappa shape index (κ3) is 5.42. The van der Waals surface area contributed by atoms with E-state index in [2.05, 4.69) is 5.32 Å². The van der Waals surface area contributed by atoms with Gasteiger partial charge in [-0.25, -0.2) is 0 Å². The number of carbonyl (C=O) groups excluding carboxylic acids is 1. The van der Waals surface area contributed by atoms with Gasteiger partial charge >= 0.3 is 6.18 Å². The molecule has 0 saturated carbocycles. The molecule has 0 heterocycles. The maximum Gasteiger partial charge on any atom is 0.416 e. The van der Waals surface area contributed by atoms with Gasteiger partial charge in [-0.15, -0.1) is 0 Å². The molecule has 0 aromatic heterocycles. The Morgan fingerprint density at radius 2 is 1.55 bits per heavy atom. The topological polar surface area (TPSA) is 61.4 Å². The number of anilines is 1. The van der Waals surface area contributed by atoms with E-state index >= 15 is 0 Å². The fraction of sp³-hybridized carbons (Fsp3) is 0.240. The average Bonchev–Trinajstić information content (AvgIpc) is 2.74. The second-order valence-electron chi connectivity index (χ2n) is 8.10. The lowest BCUT2D eigenvalue weighted by Gasteiger charge is -2.48. The summed E-state index contributed by atoms with van der Waals surface area (Å²) in [6.07, 6.45) is -4.68. The van der Waals surface area contributed by atoms with Crippen LogP contribution >= 0.6 is 11.6 Å². The molecule has 0 aliphatic heterocycles. The third-order valence-electron chi connectivity index (χ3n) is 5.45. The van der Waals surface area contributed by atoms with Crippen LogP contribution in [0.3, 0.4) is 0 Å². The monoisotopic (exact) mass is 476 g/mol. The predicted molar refractivity (Wildman–Crippen MR) is 119 cm³/mol. The van der Waals surface area contributed by atoms with E-state index in [-0.39, 0.29) is 17.1 Å². The van der Waals surface area contributed by atoms with Crippen LogP contribution in [0.5, 0.6) is 5.75 Å². The molecular weight excluding hydrogens is 455 g/mol. The Balaban J connectivity index is 2.10. The summed E-state index contributed by atoms with van der Waals surface area (Å²) < 4.78 is 45.3. The van der Waals surface area contributed by atoms with Crippen molar-refractivity contribution in [1.82, 2.24) is 0 Å². The number of aliphatic carboxylic acids is 1. The van der Waals surface area contributed by atoms with Crippen molar-refractivity contribution in [2.45, 2.75) is 37.6 Å². The summed E-state index contributed by atoms with van der Waals surface area (Å²) in [7, 11) is 0. The van der Waals surface area contributed by atoms with Crippen LogP contribution < -0.4 is 15.2 Å². The fourth-order valence-electron chi connectivity index (χ4n) is 3.57. The Labute approximate surface area is 195 Å². The molecule has 3 rings (SSSR count). The molecule has 0 fully saturated rings. The zero-order valence-corrected chi connectivity index (χ0v) is 18.7. The normalized spacial score (nSPS) is 13.8. The molecule has 33 heavy (non-hydrogen) atoms. The predicted octanol–water partition coefficient (Wildman–Crippen LogP) is 5.36. The number of ether oxygens (including phenoxy) is 1. The third-order valence-corrected chi connectivity index (χ3v) is 5.76. The van der Waals surface area contributed by atoms with E-state index in [0.29, 0.717) is 11.3 Å². The van der Waals surface area contributed by atoms with Crippen LogP contribution in [0, 0.1) is 0 Å². The standard InChI is InChI=1S/C25H23ClF3NO3/c1-23(2,33-19-11-7-4-8-12-19)24(22(31)32,16-17-9-5-3-6-10-17)30-21-14-13-18(15-20(21)26)25(27,28)29/h3-15,30H,16H2,1-2H3,(H,31,32)/p-1/t24-/m0/s1. The maximum atomic E-state index is 13.1. The van der Waals surface area contributed by atoms with Gasteiger partial charge in [-0.3, -0.25) is 0 Å². The van der Waals surface area contributed by atoms with Gasteiger partial charge in [0, 0.05) is 6.42 Å². The number of carboxylic acid groups (broad SMARTS) is 1. The number of hydrogen-bond donors (Lipinski definition) is 1. The van der Waals surface area contributed by atoms with E-state index in [1.807, 2.05) is 0 Å². The molecule has 0 aliphatic rings. The van der Waals surface area contributed by atoms with Crippen LogP contribution in [0.15, 0.2) is 78.9 Å². The van der Waals surface area contributed by atoms with Crippen molar-refractivity contribution in [3.05, 3.63) is 95.0 Å². The number of alkyl halides is 3.